The van der Waals surface area contributed by atoms with Crippen molar-refractivity contribution in [3.05, 3.63) is 35.9 Å². The van der Waals surface area contributed by atoms with E-state index in [9.17, 15) is 14.7 Å². The first-order valence-corrected chi connectivity index (χ1v) is 8.08. The number of carboxylic acids is 1. The zero-order chi connectivity index (χ0) is 16.2. The molecule has 0 spiro atoms. The maximum absolute atomic E-state index is 12.4. The van der Waals surface area contributed by atoms with E-state index in [0.29, 0.717) is 13.0 Å². The first-order chi connectivity index (χ1) is 10.5. The molecule has 1 aliphatic rings. The van der Waals surface area contributed by atoms with Gasteiger partial charge in [-0.25, -0.2) is 0 Å². The average molecular weight is 303 g/mol. The van der Waals surface area contributed by atoms with Gasteiger partial charge in [-0.15, -0.1) is 0 Å². The lowest BCUT2D eigenvalue weighted by molar-refractivity contribution is -0.149. The van der Waals surface area contributed by atoms with Crippen LogP contribution in [0.1, 0.15) is 57.6 Å². The molecule has 0 saturated carbocycles. The van der Waals surface area contributed by atoms with E-state index in [1.165, 1.54) is 0 Å². The van der Waals surface area contributed by atoms with Crippen molar-refractivity contribution in [1.29, 1.82) is 0 Å². The van der Waals surface area contributed by atoms with Crippen molar-refractivity contribution in [2.45, 2.75) is 52.0 Å². The standard InChI is InChI=1S/C18H25NO3/c1-3-4-8-11-18(17(21)22)12-16(20)19(13-18)14(2)15-9-6-5-7-10-15/h5-7,9-10,14H,3-4,8,11-13H2,1-2H3,(H,21,22)/t14-,18-/m1/s1. The molecule has 2 rings (SSSR count). The molecule has 1 aliphatic heterocycles. The second-order valence-corrected chi connectivity index (χ2v) is 6.33. The summed E-state index contributed by atoms with van der Waals surface area (Å²) in [5.74, 6) is -0.880. The van der Waals surface area contributed by atoms with Gasteiger partial charge in [-0.3, -0.25) is 9.59 Å². The summed E-state index contributed by atoms with van der Waals surface area (Å²) in [4.78, 5) is 25.9. The van der Waals surface area contributed by atoms with E-state index in [2.05, 4.69) is 6.92 Å². The number of likely N-dealkylation sites (tertiary alicyclic amines) is 1. The third kappa shape index (κ3) is 3.32. The molecule has 0 aliphatic carbocycles. The summed E-state index contributed by atoms with van der Waals surface area (Å²) in [7, 11) is 0. The molecule has 1 fully saturated rings. The fourth-order valence-corrected chi connectivity index (χ4v) is 3.26. The molecule has 2 atom stereocenters. The molecule has 1 aromatic carbocycles. The van der Waals surface area contributed by atoms with Crippen molar-refractivity contribution in [2.24, 2.45) is 5.41 Å². The molecule has 120 valence electrons. The molecule has 0 unspecified atom stereocenters. The van der Waals surface area contributed by atoms with Gasteiger partial charge < -0.3 is 10.0 Å². The maximum atomic E-state index is 12.4. The van der Waals surface area contributed by atoms with Crippen molar-refractivity contribution in [2.75, 3.05) is 6.54 Å². The molecule has 4 nitrogen and oxygen atoms in total. The Kier molecular flexibility index (Phi) is 5.22. The van der Waals surface area contributed by atoms with Crippen LogP contribution in [-0.2, 0) is 9.59 Å². The lowest BCUT2D eigenvalue weighted by Crippen LogP contribution is -2.36. The molecule has 0 bridgehead atoms. The molecule has 0 radical (unpaired) electrons. The predicted molar refractivity (Wildman–Crippen MR) is 85.4 cm³/mol. The van der Waals surface area contributed by atoms with Crippen LogP contribution in [0.5, 0.6) is 0 Å². The van der Waals surface area contributed by atoms with Crippen LogP contribution in [0.25, 0.3) is 0 Å². The molecular formula is C18H25NO3. The first-order valence-electron chi connectivity index (χ1n) is 8.08. The van der Waals surface area contributed by atoms with Crippen LogP contribution in [0.3, 0.4) is 0 Å². The number of nitrogens with zero attached hydrogens (tertiary/aromatic N) is 1. The van der Waals surface area contributed by atoms with E-state index in [0.717, 1.165) is 24.8 Å². The van der Waals surface area contributed by atoms with Crippen molar-refractivity contribution in [3.63, 3.8) is 0 Å². The van der Waals surface area contributed by atoms with Gasteiger partial charge in [0.15, 0.2) is 0 Å². The molecule has 0 aromatic heterocycles. The van der Waals surface area contributed by atoms with Crippen LogP contribution >= 0.6 is 0 Å². The lowest BCUT2D eigenvalue weighted by atomic mass is 9.81. The van der Waals surface area contributed by atoms with Crippen molar-refractivity contribution >= 4 is 11.9 Å². The third-order valence-electron chi connectivity index (χ3n) is 4.75. The van der Waals surface area contributed by atoms with Crippen LogP contribution in [0.4, 0.5) is 0 Å². The Morgan fingerprint density at radius 3 is 2.59 bits per heavy atom. The minimum atomic E-state index is -0.907. The normalized spacial score (nSPS) is 22.8. The molecule has 1 aromatic rings. The second kappa shape index (κ2) is 6.95. The number of benzene rings is 1. The minimum Gasteiger partial charge on any atom is -0.481 e. The molecule has 1 saturated heterocycles. The number of amides is 1. The summed E-state index contributed by atoms with van der Waals surface area (Å²) in [6.45, 7) is 4.38. The van der Waals surface area contributed by atoms with E-state index in [4.69, 9.17) is 0 Å². The molecule has 1 amide bonds. The Labute approximate surface area is 132 Å². The summed E-state index contributed by atoms with van der Waals surface area (Å²) in [5, 5.41) is 9.67. The number of carbonyl (C=O) groups is 2. The topological polar surface area (TPSA) is 57.6 Å². The van der Waals surface area contributed by atoms with Crippen LogP contribution in [0.2, 0.25) is 0 Å². The van der Waals surface area contributed by atoms with Crippen molar-refractivity contribution in [1.82, 2.24) is 4.90 Å². The first kappa shape index (κ1) is 16.5. The minimum absolute atomic E-state index is 0.0461. The smallest absolute Gasteiger partial charge is 0.311 e. The number of unbranched alkanes of at least 4 members (excludes halogenated alkanes) is 2. The lowest BCUT2D eigenvalue weighted by Gasteiger charge is -2.28. The van der Waals surface area contributed by atoms with Gasteiger partial charge in [0, 0.05) is 13.0 Å². The largest absolute Gasteiger partial charge is 0.481 e. The zero-order valence-corrected chi connectivity index (χ0v) is 13.4. The molecular weight excluding hydrogens is 278 g/mol. The van der Waals surface area contributed by atoms with E-state index < -0.39 is 11.4 Å². The van der Waals surface area contributed by atoms with Crippen LogP contribution < -0.4 is 0 Å². The highest BCUT2D eigenvalue weighted by molar-refractivity contribution is 5.89. The highest BCUT2D eigenvalue weighted by Gasteiger charge is 2.49. The summed E-state index contributed by atoms with van der Waals surface area (Å²) < 4.78 is 0. The summed E-state index contributed by atoms with van der Waals surface area (Å²) >= 11 is 0. The fourth-order valence-electron chi connectivity index (χ4n) is 3.26. The zero-order valence-electron chi connectivity index (χ0n) is 13.4. The molecule has 4 heteroatoms. The second-order valence-electron chi connectivity index (χ2n) is 6.33. The molecule has 22 heavy (non-hydrogen) atoms. The number of hydrogen-bond acceptors (Lipinski definition) is 2. The van der Waals surface area contributed by atoms with Gasteiger partial charge >= 0.3 is 5.97 Å². The Bertz CT molecular complexity index is 528. The number of carboxylic acid groups (broad SMARTS) is 1. The van der Waals surface area contributed by atoms with Gasteiger partial charge in [0.05, 0.1) is 11.5 Å². The SMILES string of the molecule is CCCCC[C@@]1(C(=O)O)CC(=O)N([C@H](C)c2ccccc2)C1. The van der Waals surface area contributed by atoms with Crippen LogP contribution in [-0.4, -0.2) is 28.4 Å². The number of aliphatic carboxylic acids is 1. The van der Waals surface area contributed by atoms with E-state index in [-0.39, 0.29) is 18.4 Å². The summed E-state index contributed by atoms with van der Waals surface area (Å²) in [5.41, 5.74) is 0.139. The number of carbonyl (C=O) groups excluding carboxylic acids is 1. The quantitative estimate of drug-likeness (QED) is 0.782. The van der Waals surface area contributed by atoms with Gasteiger partial charge in [0.25, 0.3) is 0 Å². The summed E-state index contributed by atoms with van der Waals surface area (Å²) in [6.07, 6.45) is 3.64. The number of hydrogen-bond donors (Lipinski definition) is 1. The van der Waals surface area contributed by atoms with Gasteiger partial charge in [-0.2, -0.15) is 0 Å². The fraction of sp³-hybridized carbons (Fsp3) is 0.556. The molecule has 1 heterocycles. The average Bonchev–Trinajstić information content (AvgIpc) is 2.86. The maximum Gasteiger partial charge on any atom is 0.311 e. The van der Waals surface area contributed by atoms with Crippen molar-refractivity contribution in [3.8, 4) is 0 Å². The highest BCUT2D eigenvalue weighted by Crippen LogP contribution is 2.40. The van der Waals surface area contributed by atoms with Crippen LogP contribution in [0, 0.1) is 5.41 Å². The van der Waals surface area contributed by atoms with Crippen molar-refractivity contribution < 1.29 is 14.7 Å². The summed E-state index contributed by atoms with van der Waals surface area (Å²) in [6, 6.07) is 9.71. The van der Waals surface area contributed by atoms with E-state index in [1.54, 1.807) is 4.90 Å². The Morgan fingerprint density at radius 1 is 1.32 bits per heavy atom. The predicted octanol–water partition coefficient (Wildman–Crippen LogP) is 3.63. The highest BCUT2D eigenvalue weighted by atomic mass is 16.4. The van der Waals surface area contributed by atoms with Gasteiger partial charge in [-0.1, -0.05) is 56.5 Å². The van der Waals surface area contributed by atoms with Gasteiger partial charge in [0.2, 0.25) is 5.91 Å². The van der Waals surface area contributed by atoms with E-state index in [1.807, 2.05) is 37.3 Å². The number of rotatable bonds is 7. The Hall–Kier alpha value is -1.84. The van der Waals surface area contributed by atoms with Gasteiger partial charge in [0.1, 0.15) is 0 Å². The van der Waals surface area contributed by atoms with E-state index >= 15 is 0 Å². The van der Waals surface area contributed by atoms with Crippen LogP contribution in [0.15, 0.2) is 30.3 Å². The molecule has 1 N–H and O–H groups in total. The Morgan fingerprint density at radius 2 is 2.00 bits per heavy atom. The monoisotopic (exact) mass is 303 g/mol. The Balaban J connectivity index is 2.15. The third-order valence-corrected chi connectivity index (χ3v) is 4.75. The van der Waals surface area contributed by atoms with Gasteiger partial charge in [-0.05, 0) is 18.9 Å².